The number of alkyl halides is 3. The number of amides is 1. The molecular formula is C21H19F3N2O4. The van der Waals surface area contributed by atoms with Gasteiger partial charge in [-0.3, -0.25) is 9.59 Å². The number of rotatable bonds is 8. The molecule has 0 saturated carbocycles. The van der Waals surface area contributed by atoms with Crippen molar-refractivity contribution in [3.8, 4) is 0 Å². The molecule has 0 bridgehead atoms. The zero-order chi connectivity index (χ0) is 22.1. The average Bonchev–Trinajstić information content (AvgIpc) is 2.72. The molecule has 0 heterocycles. The predicted octanol–water partition coefficient (Wildman–Crippen LogP) is 3.78. The van der Waals surface area contributed by atoms with Crippen molar-refractivity contribution in [2.45, 2.75) is 19.1 Å². The molecule has 0 spiro atoms. The van der Waals surface area contributed by atoms with Gasteiger partial charge in [0.1, 0.15) is 0 Å². The topological polar surface area (TPSA) is 84.5 Å². The highest BCUT2D eigenvalue weighted by molar-refractivity contribution is 5.97. The second-order valence-electron chi connectivity index (χ2n) is 6.16. The summed E-state index contributed by atoms with van der Waals surface area (Å²) in [5.41, 5.74) is 0.990. The Kier molecular flexibility index (Phi) is 7.74. The Hall–Kier alpha value is -3.62. The summed E-state index contributed by atoms with van der Waals surface area (Å²) in [4.78, 5) is 35.2. The second-order valence-corrected chi connectivity index (χ2v) is 6.16. The monoisotopic (exact) mass is 420 g/mol. The van der Waals surface area contributed by atoms with Crippen LogP contribution in [-0.2, 0) is 14.3 Å². The number of halogens is 3. The van der Waals surface area contributed by atoms with Crippen molar-refractivity contribution >= 4 is 23.3 Å². The molecule has 2 rings (SSSR count). The van der Waals surface area contributed by atoms with E-state index in [1.165, 1.54) is 24.3 Å². The van der Waals surface area contributed by atoms with Crippen LogP contribution in [0.3, 0.4) is 0 Å². The number of ether oxygens (including phenoxy) is 1. The van der Waals surface area contributed by atoms with Gasteiger partial charge in [-0.1, -0.05) is 42.5 Å². The molecule has 0 fully saturated rings. The molecule has 0 radical (unpaired) electrons. The Labute approximate surface area is 170 Å². The summed E-state index contributed by atoms with van der Waals surface area (Å²) >= 11 is 0. The van der Waals surface area contributed by atoms with Crippen LogP contribution in [0.2, 0.25) is 0 Å². The van der Waals surface area contributed by atoms with E-state index in [0.29, 0.717) is 6.08 Å². The van der Waals surface area contributed by atoms with Crippen molar-refractivity contribution in [2.75, 3.05) is 11.9 Å². The lowest BCUT2D eigenvalue weighted by Crippen LogP contribution is -2.31. The van der Waals surface area contributed by atoms with E-state index in [4.69, 9.17) is 4.74 Å². The molecule has 1 amide bonds. The molecule has 0 aliphatic carbocycles. The van der Waals surface area contributed by atoms with Gasteiger partial charge >= 0.3 is 12.1 Å². The van der Waals surface area contributed by atoms with Crippen LogP contribution in [0.5, 0.6) is 0 Å². The van der Waals surface area contributed by atoms with Gasteiger partial charge in [0.25, 0.3) is 11.7 Å². The normalized spacial score (nSPS) is 12.3. The maximum atomic E-state index is 12.3. The van der Waals surface area contributed by atoms with E-state index in [-0.39, 0.29) is 17.3 Å². The summed E-state index contributed by atoms with van der Waals surface area (Å²) in [6, 6.07) is 14.7. The molecule has 9 heteroatoms. The molecule has 2 aromatic rings. The van der Waals surface area contributed by atoms with Gasteiger partial charge in [0, 0.05) is 12.3 Å². The van der Waals surface area contributed by atoms with Crippen molar-refractivity contribution in [3.05, 3.63) is 78.0 Å². The first kappa shape index (κ1) is 22.7. The minimum atomic E-state index is -4.99. The third-order valence-electron chi connectivity index (χ3n) is 3.91. The van der Waals surface area contributed by atoms with Crippen molar-refractivity contribution in [2.24, 2.45) is 0 Å². The molecule has 158 valence electrons. The molecule has 2 N–H and O–H groups in total. The molecular weight excluding hydrogens is 401 g/mol. The van der Waals surface area contributed by atoms with Gasteiger partial charge < -0.3 is 15.4 Å². The number of nitrogens with one attached hydrogen (secondary N) is 2. The molecule has 0 aromatic heterocycles. The molecule has 0 saturated heterocycles. The number of esters is 1. The van der Waals surface area contributed by atoms with E-state index in [1.54, 1.807) is 6.92 Å². The quantitative estimate of drug-likeness (QED) is 0.502. The number of benzene rings is 2. The zero-order valence-electron chi connectivity index (χ0n) is 15.9. The Balaban J connectivity index is 1.93. The molecule has 0 aliphatic rings. The third-order valence-corrected chi connectivity index (χ3v) is 3.91. The van der Waals surface area contributed by atoms with E-state index in [1.807, 2.05) is 30.3 Å². The van der Waals surface area contributed by atoms with Crippen molar-refractivity contribution < 1.29 is 32.3 Å². The molecule has 0 aliphatic heterocycles. The lowest BCUT2D eigenvalue weighted by atomic mass is 10.1. The lowest BCUT2D eigenvalue weighted by molar-refractivity contribution is -0.165. The van der Waals surface area contributed by atoms with E-state index in [9.17, 15) is 27.6 Å². The summed E-state index contributed by atoms with van der Waals surface area (Å²) in [6.07, 6.45) is -3.91. The van der Waals surface area contributed by atoms with Gasteiger partial charge in [-0.25, -0.2) is 4.79 Å². The number of hydrogen-bond donors (Lipinski definition) is 2. The number of ketones is 1. The van der Waals surface area contributed by atoms with Crippen molar-refractivity contribution in [3.63, 3.8) is 0 Å². The first-order valence-corrected chi connectivity index (χ1v) is 8.83. The van der Waals surface area contributed by atoms with Crippen LogP contribution in [0, 0.1) is 0 Å². The van der Waals surface area contributed by atoms with Gasteiger partial charge in [0.05, 0.1) is 17.3 Å². The Morgan fingerprint density at radius 1 is 1.03 bits per heavy atom. The fourth-order valence-electron chi connectivity index (χ4n) is 2.41. The summed E-state index contributed by atoms with van der Waals surface area (Å²) in [7, 11) is 0. The summed E-state index contributed by atoms with van der Waals surface area (Å²) in [6.45, 7) is 1.25. The Bertz CT molecular complexity index is 927. The third kappa shape index (κ3) is 6.77. The van der Waals surface area contributed by atoms with Crippen molar-refractivity contribution in [1.29, 1.82) is 0 Å². The molecule has 6 nitrogen and oxygen atoms in total. The van der Waals surface area contributed by atoms with Crippen LogP contribution in [0.1, 0.15) is 28.9 Å². The van der Waals surface area contributed by atoms with Crippen LogP contribution in [0.15, 0.2) is 66.9 Å². The highest BCUT2D eigenvalue weighted by Crippen LogP contribution is 2.18. The molecule has 30 heavy (non-hydrogen) atoms. The fourth-order valence-corrected chi connectivity index (χ4v) is 2.41. The standard InChI is InChI=1S/C21H19F3N2O4/c1-14(15-7-3-2-4-8-15)26-19(28)13-30-20(29)16-9-5-6-10-17(16)25-12-11-18(27)21(22,23)24/h2-12,14,25H,13H2,1H3,(H,26,28)/b12-11+. The molecule has 2 aromatic carbocycles. The maximum absolute atomic E-state index is 12.3. The minimum absolute atomic E-state index is 0.00878. The number of hydrogen-bond acceptors (Lipinski definition) is 5. The van der Waals surface area contributed by atoms with Crippen LogP contribution < -0.4 is 10.6 Å². The molecule has 1 unspecified atom stereocenters. The van der Waals surface area contributed by atoms with Gasteiger partial charge in [-0.2, -0.15) is 13.2 Å². The number of carbonyl (C=O) groups is 3. The second kappa shape index (κ2) is 10.2. The summed E-state index contributed by atoms with van der Waals surface area (Å²) in [5.74, 6) is -3.41. The zero-order valence-corrected chi connectivity index (χ0v) is 15.9. The first-order valence-electron chi connectivity index (χ1n) is 8.83. The highest BCUT2D eigenvalue weighted by atomic mass is 19.4. The number of carbonyl (C=O) groups excluding carboxylic acids is 3. The highest BCUT2D eigenvalue weighted by Gasteiger charge is 2.36. The van der Waals surface area contributed by atoms with E-state index in [0.717, 1.165) is 11.8 Å². The van der Waals surface area contributed by atoms with E-state index >= 15 is 0 Å². The van der Waals surface area contributed by atoms with Crippen LogP contribution in [-0.4, -0.2) is 30.4 Å². The maximum Gasteiger partial charge on any atom is 0.454 e. The van der Waals surface area contributed by atoms with Gasteiger partial charge in [-0.15, -0.1) is 0 Å². The van der Waals surface area contributed by atoms with Crippen LogP contribution in [0.25, 0.3) is 0 Å². The molecule has 1 atom stereocenters. The Morgan fingerprint density at radius 3 is 2.33 bits per heavy atom. The summed E-state index contributed by atoms with van der Waals surface area (Å²) in [5, 5.41) is 5.13. The number of anilines is 1. The van der Waals surface area contributed by atoms with Gasteiger partial charge in [0.15, 0.2) is 6.61 Å². The van der Waals surface area contributed by atoms with E-state index < -0.39 is 30.4 Å². The first-order chi connectivity index (χ1) is 14.2. The average molecular weight is 420 g/mol. The summed E-state index contributed by atoms with van der Waals surface area (Å²) < 4.78 is 41.6. The van der Waals surface area contributed by atoms with E-state index in [2.05, 4.69) is 10.6 Å². The minimum Gasteiger partial charge on any atom is -0.452 e. The number of allylic oxidation sites excluding steroid dienone is 1. The fraction of sp³-hybridized carbons (Fsp3) is 0.190. The largest absolute Gasteiger partial charge is 0.454 e. The SMILES string of the molecule is CC(NC(=O)COC(=O)c1ccccc1N/C=C/C(=O)C(F)(F)F)c1ccccc1. The lowest BCUT2D eigenvalue weighted by Gasteiger charge is -2.14. The smallest absolute Gasteiger partial charge is 0.452 e. The van der Waals surface area contributed by atoms with Crippen LogP contribution in [0.4, 0.5) is 18.9 Å². The number of para-hydroxylation sites is 1. The van der Waals surface area contributed by atoms with Gasteiger partial charge in [-0.05, 0) is 24.6 Å². The predicted molar refractivity (Wildman–Crippen MR) is 104 cm³/mol. The van der Waals surface area contributed by atoms with Gasteiger partial charge in [0.2, 0.25) is 0 Å². The van der Waals surface area contributed by atoms with Crippen molar-refractivity contribution in [1.82, 2.24) is 5.32 Å². The Morgan fingerprint density at radius 2 is 1.67 bits per heavy atom. The van der Waals surface area contributed by atoms with Crippen LogP contribution >= 0.6 is 0 Å².